The van der Waals surface area contributed by atoms with Gasteiger partial charge in [0.25, 0.3) is 0 Å². The van der Waals surface area contributed by atoms with Crippen LogP contribution in [0.1, 0.15) is 6.42 Å². The second-order valence-electron chi connectivity index (χ2n) is 4.19. The molecule has 7 heteroatoms. The predicted octanol–water partition coefficient (Wildman–Crippen LogP) is 0.253. The summed E-state index contributed by atoms with van der Waals surface area (Å²) in [5.74, 6) is 0.790. The van der Waals surface area contributed by atoms with E-state index in [4.69, 9.17) is 0 Å². The zero-order valence-electron chi connectivity index (χ0n) is 10.7. The molecule has 0 aliphatic rings. The Morgan fingerprint density at radius 3 is 2.94 bits per heavy atom. The number of rotatable bonds is 4. The third-order valence-corrected chi connectivity index (χ3v) is 2.66. The standard InChI is InChI=1S/C11H16N6O/c1-16(2)9(18)4-5-12-10-8-6-15-17(3)11(8)14-7-13-10/h6-7H,4-5H2,1-3H3,(H,12,13,14). The van der Waals surface area contributed by atoms with Gasteiger partial charge in [0, 0.05) is 34.1 Å². The lowest BCUT2D eigenvalue weighted by Gasteiger charge is -2.10. The molecule has 1 N–H and O–H groups in total. The Labute approximate surface area is 105 Å². The first kappa shape index (κ1) is 12.3. The van der Waals surface area contributed by atoms with Crippen LogP contribution < -0.4 is 5.32 Å². The van der Waals surface area contributed by atoms with Crippen LogP contribution in [-0.2, 0) is 11.8 Å². The molecule has 0 fully saturated rings. The third-order valence-electron chi connectivity index (χ3n) is 2.66. The first-order valence-electron chi connectivity index (χ1n) is 5.66. The van der Waals surface area contributed by atoms with E-state index in [0.29, 0.717) is 18.8 Å². The topological polar surface area (TPSA) is 75.9 Å². The first-order valence-corrected chi connectivity index (χ1v) is 5.66. The minimum atomic E-state index is 0.0824. The largest absolute Gasteiger partial charge is 0.369 e. The molecule has 2 aromatic heterocycles. The average Bonchev–Trinajstić information content (AvgIpc) is 2.72. The summed E-state index contributed by atoms with van der Waals surface area (Å²) in [6, 6.07) is 0. The number of nitrogens with zero attached hydrogens (tertiary/aromatic N) is 5. The molecule has 1 amide bonds. The van der Waals surface area contributed by atoms with Crippen molar-refractivity contribution in [1.82, 2.24) is 24.6 Å². The molecule has 0 aromatic carbocycles. The van der Waals surface area contributed by atoms with Gasteiger partial charge in [0.05, 0.1) is 11.6 Å². The summed E-state index contributed by atoms with van der Waals surface area (Å²) in [7, 11) is 5.31. The maximum Gasteiger partial charge on any atom is 0.223 e. The van der Waals surface area contributed by atoms with Gasteiger partial charge in [-0.1, -0.05) is 0 Å². The number of carbonyl (C=O) groups is 1. The molecule has 0 saturated carbocycles. The molecule has 18 heavy (non-hydrogen) atoms. The summed E-state index contributed by atoms with van der Waals surface area (Å²) in [6.45, 7) is 0.540. The van der Waals surface area contributed by atoms with Crippen molar-refractivity contribution >= 4 is 22.8 Å². The lowest BCUT2D eigenvalue weighted by molar-refractivity contribution is -0.128. The van der Waals surface area contributed by atoms with Crippen LogP contribution in [0.5, 0.6) is 0 Å². The number of aryl methyl sites for hydroxylation is 1. The van der Waals surface area contributed by atoms with E-state index in [0.717, 1.165) is 11.0 Å². The zero-order valence-corrected chi connectivity index (χ0v) is 10.7. The highest BCUT2D eigenvalue weighted by molar-refractivity contribution is 5.86. The number of hydrogen-bond donors (Lipinski definition) is 1. The number of hydrogen-bond acceptors (Lipinski definition) is 5. The van der Waals surface area contributed by atoms with Crippen LogP contribution in [-0.4, -0.2) is 51.2 Å². The van der Waals surface area contributed by atoms with Gasteiger partial charge >= 0.3 is 0 Å². The molecule has 0 aliphatic heterocycles. The Kier molecular flexibility index (Phi) is 3.40. The van der Waals surface area contributed by atoms with Crippen molar-refractivity contribution in [2.75, 3.05) is 26.0 Å². The Balaban J connectivity index is 2.06. The summed E-state index contributed by atoms with van der Waals surface area (Å²) in [4.78, 5) is 21.3. The monoisotopic (exact) mass is 248 g/mol. The van der Waals surface area contributed by atoms with Crippen molar-refractivity contribution in [2.24, 2.45) is 7.05 Å². The van der Waals surface area contributed by atoms with Gasteiger partial charge in [-0.05, 0) is 0 Å². The predicted molar refractivity (Wildman–Crippen MR) is 68.1 cm³/mol. The maximum atomic E-state index is 11.4. The summed E-state index contributed by atoms with van der Waals surface area (Å²) in [6.07, 6.45) is 3.63. The molecule has 0 aliphatic carbocycles. The van der Waals surface area contributed by atoms with E-state index in [1.54, 1.807) is 29.9 Å². The van der Waals surface area contributed by atoms with E-state index >= 15 is 0 Å². The van der Waals surface area contributed by atoms with Crippen molar-refractivity contribution in [3.8, 4) is 0 Å². The van der Waals surface area contributed by atoms with Crippen molar-refractivity contribution in [3.63, 3.8) is 0 Å². The third kappa shape index (κ3) is 2.39. The second kappa shape index (κ2) is 4.99. The minimum absolute atomic E-state index is 0.0824. The van der Waals surface area contributed by atoms with E-state index in [2.05, 4.69) is 20.4 Å². The van der Waals surface area contributed by atoms with E-state index in [-0.39, 0.29) is 5.91 Å². The van der Waals surface area contributed by atoms with E-state index < -0.39 is 0 Å². The number of amides is 1. The molecule has 0 unspecified atom stereocenters. The molecular formula is C11H16N6O. The fourth-order valence-corrected chi connectivity index (χ4v) is 1.61. The molecule has 2 aromatic rings. The number of nitrogens with one attached hydrogen (secondary N) is 1. The van der Waals surface area contributed by atoms with Crippen LogP contribution >= 0.6 is 0 Å². The fourth-order valence-electron chi connectivity index (χ4n) is 1.61. The molecular weight excluding hydrogens is 232 g/mol. The van der Waals surface area contributed by atoms with Crippen molar-refractivity contribution in [1.29, 1.82) is 0 Å². The van der Waals surface area contributed by atoms with Gasteiger partial charge in [-0.3, -0.25) is 9.48 Å². The Morgan fingerprint density at radius 2 is 2.22 bits per heavy atom. The van der Waals surface area contributed by atoms with Crippen LogP contribution in [0.3, 0.4) is 0 Å². The van der Waals surface area contributed by atoms with Crippen LogP contribution in [0.25, 0.3) is 11.0 Å². The highest BCUT2D eigenvalue weighted by atomic mass is 16.2. The molecule has 0 saturated heterocycles. The zero-order chi connectivity index (χ0) is 13.1. The molecule has 2 rings (SSSR count). The Hall–Kier alpha value is -2.18. The Bertz CT molecular complexity index is 562. The smallest absolute Gasteiger partial charge is 0.223 e. The van der Waals surface area contributed by atoms with E-state index in [1.807, 2.05) is 7.05 Å². The molecule has 0 radical (unpaired) electrons. The Morgan fingerprint density at radius 1 is 1.44 bits per heavy atom. The van der Waals surface area contributed by atoms with Gasteiger partial charge in [0.1, 0.15) is 12.1 Å². The van der Waals surface area contributed by atoms with Crippen LogP contribution in [0, 0.1) is 0 Å². The normalized spacial score (nSPS) is 10.6. The highest BCUT2D eigenvalue weighted by Crippen LogP contribution is 2.17. The molecule has 2 heterocycles. The van der Waals surface area contributed by atoms with Crippen LogP contribution in [0.4, 0.5) is 5.82 Å². The van der Waals surface area contributed by atoms with E-state index in [1.165, 1.54) is 6.33 Å². The maximum absolute atomic E-state index is 11.4. The highest BCUT2D eigenvalue weighted by Gasteiger charge is 2.08. The van der Waals surface area contributed by atoms with Crippen LogP contribution in [0.2, 0.25) is 0 Å². The van der Waals surface area contributed by atoms with Crippen molar-refractivity contribution in [2.45, 2.75) is 6.42 Å². The summed E-state index contributed by atoms with van der Waals surface area (Å²) >= 11 is 0. The molecule has 0 bridgehead atoms. The van der Waals surface area contributed by atoms with Crippen LogP contribution in [0.15, 0.2) is 12.5 Å². The fraction of sp³-hybridized carbons (Fsp3) is 0.455. The molecule has 96 valence electrons. The van der Waals surface area contributed by atoms with Crippen molar-refractivity contribution in [3.05, 3.63) is 12.5 Å². The molecule has 0 atom stereocenters. The van der Waals surface area contributed by atoms with Gasteiger partial charge in [-0.2, -0.15) is 5.10 Å². The number of anilines is 1. The minimum Gasteiger partial charge on any atom is -0.369 e. The molecule has 7 nitrogen and oxygen atoms in total. The summed E-state index contributed by atoms with van der Waals surface area (Å²) in [5.41, 5.74) is 0.770. The number of carbonyl (C=O) groups excluding carboxylic acids is 1. The van der Waals surface area contributed by atoms with Gasteiger partial charge in [0.2, 0.25) is 5.91 Å². The quantitative estimate of drug-likeness (QED) is 0.839. The second-order valence-corrected chi connectivity index (χ2v) is 4.19. The summed E-state index contributed by atoms with van der Waals surface area (Å²) < 4.78 is 1.69. The summed E-state index contributed by atoms with van der Waals surface area (Å²) in [5, 5.41) is 8.12. The van der Waals surface area contributed by atoms with Gasteiger partial charge in [-0.25, -0.2) is 9.97 Å². The lowest BCUT2D eigenvalue weighted by Crippen LogP contribution is -2.24. The van der Waals surface area contributed by atoms with Gasteiger partial charge < -0.3 is 10.2 Å². The molecule has 0 spiro atoms. The van der Waals surface area contributed by atoms with E-state index in [9.17, 15) is 4.79 Å². The van der Waals surface area contributed by atoms with Gasteiger partial charge in [0.15, 0.2) is 5.65 Å². The first-order chi connectivity index (χ1) is 8.59. The average molecular weight is 248 g/mol. The number of fused-ring (bicyclic) bond motifs is 1. The van der Waals surface area contributed by atoms with Crippen molar-refractivity contribution < 1.29 is 4.79 Å². The lowest BCUT2D eigenvalue weighted by atomic mass is 10.3. The SMILES string of the molecule is CN(C)C(=O)CCNc1ncnc2c1cnn2C. The number of aromatic nitrogens is 4. The van der Waals surface area contributed by atoms with Gasteiger partial charge in [-0.15, -0.1) is 0 Å².